The number of nitro benzene ring substituents is 1. The second-order valence-electron chi connectivity index (χ2n) is 7.96. The van der Waals surface area contributed by atoms with Crippen molar-refractivity contribution in [3.05, 3.63) is 69.8 Å². The molecule has 2 amide bonds. The van der Waals surface area contributed by atoms with E-state index in [-0.39, 0.29) is 23.5 Å². The van der Waals surface area contributed by atoms with Crippen LogP contribution in [0, 0.1) is 10.1 Å². The summed E-state index contributed by atoms with van der Waals surface area (Å²) >= 11 is 0. The number of hydrogen-bond acceptors (Lipinski definition) is 6. The third-order valence-electron chi connectivity index (χ3n) is 5.93. The van der Waals surface area contributed by atoms with Crippen LogP contribution in [-0.4, -0.2) is 67.1 Å². The van der Waals surface area contributed by atoms with Crippen LogP contribution in [0.1, 0.15) is 33.6 Å². The highest BCUT2D eigenvalue weighted by Crippen LogP contribution is 2.28. The molecule has 0 unspecified atom stereocenters. The number of ether oxygens (including phenoxy) is 1. The van der Waals surface area contributed by atoms with Gasteiger partial charge in [0.1, 0.15) is 0 Å². The first-order valence-corrected chi connectivity index (χ1v) is 10.8. The van der Waals surface area contributed by atoms with Crippen LogP contribution in [0.4, 0.5) is 11.4 Å². The van der Waals surface area contributed by atoms with Crippen LogP contribution in [-0.2, 0) is 4.74 Å². The third kappa shape index (κ3) is 4.88. The van der Waals surface area contributed by atoms with Gasteiger partial charge >= 0.3 is 0 Å². The lowest BCUT2D eigenvalue weighted by molar-refractivity contribution is -0.384. The van der Waals surface area contributed by atoms with Gasteiger partial charge in [0.05, 0.1) is 29.4 Å². The van der Waals surface area contributed by atoms with E-state index in [9.17, 15) is 19.7 Å². The van der Waals surface area contributed by atoms with Crippen LogP contribution in [0.3, 0.4) is 0 Å². The Morgan fingerprint density at radius 1 is 1.00 bits per heavy atom. The van der Waals surface area contributed by atoms with E-state index in [0.29, 0.717) is 69.0 Å². The lowest BCUT2D eigenvalue weighted by atomic mass is 10.0. The van der Waals surface area contributed by atoms with Gasteiger partial charge in [-0.3, -0.25) is 19.7 Å². The Labute approximate surface area is 186 Å². The lowest BCUT2D eigenvalue weighted by Crippen LogP contribution is -2.47. The summed E-state index contributed by atoms with van der Waals surface area (Å²) in [6.07, 6.45) is 1.26. The zero-order valence-electron chi connectivity index (χ0n) is 17.7. The smallest absolute Gasteiger partial charge is 0.270 e. The van der Waals surface area contributed by atoms with E-state index in [4.69, 9.17) is 4.74 Å². The number of nitrogens with zero attached hydrogens (tertiary/aromatic N) is 3. The fourth-order valence-corrected chi connectivity index (χ4v) is 4.14. The van der Waals surface area contributed by atoms with Crippen LogP contribution in [0.5, 0.6) is 0 Å². The predicted octanol–water partition coefficient (Wildman–Crippen LogP) is 2.47. The Morgan fingerprint density at radius 2 is 1.69 bits per heavy atom. The fraction of sp³-hybridized carbons (Fsp3) is 0.391. The number of carbonyl (C=O) groups is 2. The number of hydrogen-bond donors (Lipinski definition) is 1. The van der Waals surface area contributed by atoms with Crippen molar-refractivity contribution in [2.45, 2.75) is 18.9 Å². The molecular formula is C23H26N4O5. The molecule has 2 aliphatic heterocycles. The summed E-state index contributed by atoms with van der Waals surface area (Å²) in [5.74, 6) is -0.341. The van der Waals surface area contributed by atoms with Crippen LogP contribution in [0.25, 0.3) is 0 Å². The number of nitro groups is 1. The van der Waals surface area contributed by atoms with E-state index in [1.54, 1.807) is 23.1 Å². The Morgan fingerprint density at radius 3 is 2.34 bits per heavy atom. The molecule has 0 radical (unpaired) electrons. The van der Waals surface area contributed by atoms with Gasteiger partial charge in [0, 0.05) is 49.9 Å². The van der Waals surface area contributed by atoms with Gasteiger partial charge in [0.15, 0.2) is 0 Å². The molecule has 9 nitrogen and oxygen atoms in total. The zero-order chi connectivity index (χ0) is 22.5. The van der Waals surface area contributed by atoms with E-state index < -0.39 is 4.92 Å². The van der Waals surface area contributed by atoms with Gasteiger partial charge in [-0.15, -0.1) is 0 Å². The molecule has 2 heterocycles. The van der Waals surface area contributed by atoms with Crippen molar-refractivity contribution in [2.75, 3.05) is 44.3 Å². The summed E-state index contributed by atoms with van der Waals surface area (Å²) in [6.45, 7) is 3.32. The Bertz CT molecular complexity index is 983. The first kappa shape index (κ1) is 21.8. The molecule has 0 aromatic heterocycles. The third-order valence-corrected chi connectivity index (χ3v) is 5.93. The second kappa shape index (κ2) is 9.78. The molecule has 2 aliphatic rings. The molecule has 2 fully saturated rings. The molecule has 0 spiro atoms. The average Bonchev–Trinajstić information content (AvgIpc) is 2.84. The van der Waals surface area contributed by atoms with Crippen molar-refractivity contribution in [2.24, 2.45) is 0 Å². The summed E-state index contributed by atoms with van der Waals surface area (Å²) < 4.78 is 5.40. The van der Waals surface area contributed by atoms with Crippen LogP contribution in [0.2, 0.25) is 0 Å². The molecule has 2 aromatic carbocycles. The largest absolute Gasteiger partial charge is 0.378 e. The molecule has 0 atom stereocenters. The molecule has 32 heavy (non-hydrogen) atoms. The number of anilines is 1. The summed E-state index contributed by atoms with van der Waals surface area (Å²) in [4.78, 5) is 40.3. The normalized spacial score (nSPS) is 17.1. The summed E-state index contributed by atoms with van der Waals surface area (Å²) in [5.41, 5.74) is 1.55. The predicted molar refractivity (Wildman–Crippen MR) is 119 cm³/mol. The zero-order valence-corrected chi connectivity index (χ0v) is 17.7. The highest BCUT2D eigenvalue weighted by molar-refractivity contribution is 6.00. The van der Waals surface area contributed by atoms with Gasteiger partial charge in [0.2, 0.25) is 0 Å². The molecule has 4 rings (SSSR count). The molecule has 168 valence electrons. The van der Waals surface area contributed by atoms with Crippen molar-refractivity contribution in [3.8, 4) is 0 Å². The van der Waals surface area contributed by atoms with E-state index in [1.165, 1.54) is 12.1 Å². The molecule has 0 saturated carbocycles. The van der Waals surface area contributed by atoms with Crippen molar-refractivity contribution in [3.63, 3.8) is 0 Å². The number of amides is 2. The summed E-state index contributed by atoms with van der Waals surface area (Å²) in [5, 5.41) is 14.3. The maximum atomic E-state index is 13.3. The highest BCUT2D eigenvalue weighted by atomic mass is 16.6. The molecular weight excluding hydrogens is 412 g/mol. The topological polar surface area (TPSA) is 105 Å². The minimum atomic E-state index is -0.481. The molecule has 1 N–H and O–H groups in total. The molecule has 9 heteroatoms. The molecule has 2 saturated heterocycles. The van der Waals surface area contributed by atoms with Gasteiger partial charge in [-0.25, -0.2) is 0 Å². The van der Waals surface area contributed by atoms with Gasteiger partial charge in [0.25, 0.3) is 17.5 Å². The van der Waals surface area contributed by atoms with Gasteiger partial charge < -0.3 is 19.9 Å². The van der Waals surface area contributed by atoms with Gasteiger partial charge in [-0.1, -0.05) is 18.2 Å². The standard InChI is InChI=1S/C23H26N4O5/c28-22(17-4-2-1-3-5-17)24-18-8-10-26(11-9-18)23(29)20-16-19(27(30)31)6-7-21(20)25-12-14-32-15-13-25/h1-7,16,18H,8-15H2,(H,24,28). The number of morpholine rings is 1. The van der Waals surface area contributed by atoms with E-state index in [2.05, 4.69) is 5.32 Å². The van der Waals surface area contributed by atoms with E-state index >= 15 is 0 Å². The number of nitrogens with one attached hydrogen (secondary N) is 1. The van der Waals surface area contributed by atoms with Crippen LogP contribution >= 0.6 is 0 Å². The molecule has 2 aromatic rings. The van der Waals surface area contributed by atoms with Crippen molar-refractivity contribution >= 4 is 23.2 Å². The maximum absolute atomic E-state index is 13.3. The fourth-order valence-electron chi connectivity index (χ4n) is 4.14. The summed E-state index contributed by atoms with van der Waals surface area (Å²) in [7, 11) is 0. The van der Waals surface area contributed by atoms with E-state index in [0.717, 1.165) is 0 Å². The second-order valence-corrected chi connectivity index (χ2v) is 7.96. The monoisotopic (exact) mass is 438 g/mol. The number of benzene rings is 2. The van der Waals surface area contributed by atoms with Gasteiger partial charge in [-0.2, -0.15) is 0 Å². The van der Waals surface area contributed by atoms with Crippen LogP contribution in [0.15, 0.2) is 48.5 Å². The lowest BCUT2D eigenvalue weighted by Gasteiger charge is -2.34. The van der Waals surface area contributed by atoms with Crippen molar-refractivity contribution in [1.82, 2.24) is 10.2 Å². The molecule has 0 aliphatic carbocycles. The number of likely N-dealkylation sites (tertiary alicyclic amines) is 1. The Kier molecular flexibility index (Phi) is 6.65. The highest BCUT2D eigenvalue weighted by Gasteiger charge is 2.29. The number of non-ortho nitro benzene ring substituents is 1. The molecule has 0 bridgehead atoms. The van der Waals surface area contributed by atoms with Crippen LogP contribution < -0.4 is 10.2 Å². The number of rotatable bonds is 5. The Balaban J connectivity index is 1.44. The minimum Gasteiger partial charge on any atom is -0.378 e. The Hall–Kier alpha value is -3.46. The number of piperidine rings is 1. The quantitative estimate of drug-likeness (QED) is 0.568. The maximum Gasteiger partial charge on any atom is 0.270 e. The number of carbonyl (C=O) groups excluding carboxylic acids is 2. The average molecular weight is 438 g/mol. The SMILES string of the molecule is O=C(NC1CCN(C(=O)c2cc([N+](=O)[O-])ccc2N2CCOCC2)CC1)c1ccccc1. The van der Waals surface area contributed by atoms with Crippen molar-refractivity contribution in [1.29, 1.82) is 0 Å². The summed E-state index contributed by atoms with van der Waals surface area (Å²) in [6, 6.07) is 13.5. The van der Waals surface area contributed by atoms with Gasteiger partial charge in [-0.05, 0) is 31.0 Å². The van der Waals surface area contributed by atoms with Crippen molar-refractivity contribution < 1.29 is 19.2 Å². The minimum absolute atomic E-state index is 0.0180. The first-order valence-electron chi connectivity index (χ1n) is 10.8. The van der Waals surface area contributed by atoms with E-state index in [1.807, 2.05) is 23.1 Å². The first-order chi connectivity index (χ1) is 15.5.